The van der Waals surface area contributed by atoms with Gasteiger partial charge in [-0.1, -0.05) is 0 Å². The normalized spacial score (nSPS) is 20.9. The lowest BCUT2D eigenvalue weighted by molar-refractivity contribution is -0.124. The summed E-state index contributed by atoms with van der Waals surface area (Å²) in [5.74, 6) is 0.0773. The van der Waals surface area contributed by atoms with Crippen molar-refractivity contribution in [3.63, 3.8) is 0 Å². The van der Waals surface area contributed by atoms with E-state index in [-0.39, 0.29) is 12.0 Å². The van der Waals surface area contributed by atoms with Gasteiger partial charge in [0.15, 0.2) is 0 Å². The molecule has 6 heteroatoms. The van der Waals surface area contributed by atoms with Gasteiger partial charge >= 0.3 is 0 Å². The first-order valence-corrected chi connectivity index (χ1v) is 7.09. The zero-order valence-corrected chi connectivity index (χ0v) is 11.6. The van der Waals surface area contributed by atoms with Crippen molar-refractivity contribution < 1.29 is 9.53 Å². The number of ether oxygens (including phenoxy) is 1. The summed E-state index contributed by atoms with van der Waals surface area (Å²) in [6, 6.07) is 0. The predicted octanol–water partition coefficient (Wildman–Crippen LogP) is 0.961. The number of thiazole rings is 1. The van der Waals surface area contributed by atoms with Gasteiger partial charge in [0.2, 0.25) is 5.91 Å². The Morgan fingerprint density at radius 3 is 3.22 bits per heavy atom. The van der Waals surface area contributed by atoms with E-state index in [4.69, 9.17) is 4.74 Å². The fraction of sp³-hybridized carbons (Fsp3) is 0.667. The Hall–Kier alpha value is -0.980. The van der Waals surface area contributed by atoms with Gasteiger partial charge in [0, 0.05) is 30.7 Å². The van der Waals surface area contributed by atoms with Crippen LogP contribution in [-0.4, -0.2) is 48.6 Å². The minimum Gasteiger partial charge on any atom is -0.368 e. The number of rotatable bonds is 4. The van der Waals surface area contributed by atoms with Crippen LogP contribution >= 0.6 is 11.3 Å². The van der Waals surface area contributed by atoms with Gasteiger partial charge in [-0.05, 0) is 13.8 Å². The van der Waals surface area contributed by atoms with Crippen LogP contribution in [0.1, 0.15) is 23.7 Å². The number of aryl methyl sites for hydroxylation is 1. The molecule has 5 nitrogen and oxygen atoms in total. The summed E-state index contributed by atoms with van der Waals surface area (Å²) < 4.78 is 5.72. The number of amides is 1. The highest BCUT2D eigenvalue weighted by Gasteiger charge is 2.25. The Balaban J connectivity index is 1.90. The molecule has 0 radical (unpaired) electrons. The van der Waals surface area contributed by atoms with Crippen molar-refractivity contribution in [3.05, 3.63) is 16.1 Å². The Morgan fingerprint density at radius 1 is 1.72 bits per heavy atom. The third kappa shape index (κ3) is 3.51. The highest BCUT2D eigenvalue weighted by atomic mass is 32.1. The maximum atomic E-state index is 11.6. The first-order chi connectivity index (χ1) is 8.69. The molecule has 0 spiro atoms. The zero-order chi connectivity index (χ0) is 13.0. The van der Waals surface area contributed by atoms with Crippen LogP contribution in [0.15, 0.2) is 5.38 Å². The second-order valence-corrected chi connectivity index (χ2v) is 5.26. The quantitative estimate of drug-likeness (QED) is 0.884. The molecule has 2 heterocycles. The average molecular weight is 269 g/mol. The number of nitrogens with one attached hydrogen (secondary N) is 1. The molecule has 0 aliphatic carbocycles. The third-order valence-electron chi connectivity index (χ3n) is 2.80. The molecular weight excluding hydrogens is 250 g/mol. The van der Waals surface area contributed by atoms with Crippen molar-refractivity contribution in [2.45, 2.75) is 20.0 Å². The highest BCUT2D eigenvalue weighted by molar-refractivity contribution is 7.09. The molecule has 0 bridgehead atoms. The Labute approximate surface area is 111 Å². The summed E-state index contributed by atoms with van der Waals surface area (Å²) in [6.07, 6.45) is 0.00637. The molecule has 1 aromatic rings. The van der Waals surface area contributed by atoms with Crippen LogP contribution in [0.3, 0.4) is 0 Å². The molecule has 1 aliphatic rings. The van der Waals surface area contributed by atoms with Crippen LogP contribution < -0.4 is 5.32 Å². The lowest BCUT2D eigenvalue weighted by Crippen LogP contribution is -2.44. The van der Waals surface area contributed by atoms with Crippen LogP contribution in [0.4, 0.5) is 0 Å². The molecule has 0 unspecified atom stereocenters. The fourth-order valence-electron chi connectivity index (χ4n) is 1.97. The number of morpholine rings is 1. The van der Waals surface area contributed by atoms with E-state index in [0.29, 0.717) is 19.7 Å². The van der Waals surface area contributed by atoms with Crippen molar-refractivity contribution in [1.82, 2.24) is 15.2 Å². The maximum absolute atomic E-state index is 11.6. The van der Waals surface area contributed by atoms with Gasteiger partial charge in [0.05, 0.1) is 13.2 Å². The molecule has 1 N–H and O–H groups in total. The van der Waals surface area contributed by atoms with Crippen molar-refractivity contribution >= 4 is 17.2 Å². The smallest absolute Gasteiger partial charge is 0.234 e. The Kier molecular flexibility index (Phi) is 4.68. The molecule has 1 atom stereocenters. The SMILES string of the molecule is CCNC(=O)CN1CCO[C@H](c2nc(C)cs2)C1. The predicted molar refractivity (Wildman–Crippen MR) is 70.7 cm³/mol. The van der Waals surface area contributed by atoms with E-state index >= 15 is 0 Å². The van der Waals surface area contributed by atoms with Gasteiger partial charge in [-0.3, -0.25) is 9.69 Å². The second kappa shape index (κ2) is 6.26. The van der Waals surface area contributed by atoms with Gasteiger partial charge < -0.3 is 10.1 Å². The van der Waals surface area contributed by atoms with Crippen molar-refractivity contribution in [2.24, 2.45) is 0 Å². The molecule has 1 aromatic heterocycles. The second-order valence-electron chi connectivity index (χ2n) is 4.38. The van der Waals surface area contributed by atoms with Gasteiger partial charge in [0.1, 0.15) is 11.1 Å². The van der Waals surface area contributed by atoms with Crippen LogP contribution in [0, 0.1) is 6.92 Å². The molecule has 0 saturated carbocycles. The van der Waals surface area contributed by atoms with E-state index in [2.05, 4.69) is 15.2 Å². The van der Waals surface area contributed by atoms with Crippen molar-refractivity contribution in [2.75, 3.05) is 32.8 Å². The lowest BCUT2D eigenvalue weighted by Gasteiger charge is -2.31. The lowest BCUT2D eigenvalue weighted by atomic mass is 10.2. The van der Waals surface area contributed by atoms with Crippen molar-refractivity contribution in [3.8, 4) is 0 Å². The van der Waals surface area contributed by atoms with E-state index in [1.165, 1.54) is 0 Å². The first-order valence-electron chi connectivity index (χ1n) is 6.21. The van der Waals surface area contributed by atoms with Gasteiger partial charge in [-0.15, -0.1) is 11.3 Å². The number of aromatic nitrogens is 1. The molecule has 0 aromatic carbocycles. The van der Waals surface area contributed by atoms with E-state index < -0.39 is 0 Å². The van der Waals surface area contributed by atoms with Crippen LogP contribution in [0.2, 0.25) is 0 Å². The van der Waals surface area contributed by atoms with Crippen LogP contribution in [0.25, 0.3) is 0 Å². The highest BCUT2D eigenvalue weighted by Crippen LogP contribution is 2.24. The monoisotopic (exact) mass is 269 g/mol. The van der Waals surface area contributed by atoms with Crippen molar-refractivity contribution in [1.29, 1.82) is 0 Å². The molecule has 1 amide bonds. The summed E-state index contributed by atoms with van der Waals surface area (Å²) in [5.41, 5.74) is 1.03. The Morgan fingerprint density at radius 2 is 2.56 bits per heavy atom. The van der Waals surface area contributed by atoms with Crippen LogP contribution in [0.5, 0.6) is 0 Å². The summed E-state index contributed by atoms with van der Waals surface area (Å²) in [4.78, 5) is 18.1. The third-order valence-corrected chi connectivity index (χ3v) is 3.86. The molecule has 2 rings (SSSR count). The number of likely N-dealkylation sites (N-methyl/N-ethyl adjacent to an activating group) is 1. The standard InChI is InChI=1S/C12H19N3O2S/c1-3-13-11(16)7-15-4-5-17-10(6-15)12-14-9(2)8-18-12/h8,10H,3-7H2,1-2H3,(H,13,16)/t10-/m0/s1. The van der Waals surface area contributed by atoms with E-state index in [9.17, 15) is 4.79 Å². The number of hydrogen-bond donors (Lipinski definition) is 1. The van der Waals surface area contributed by atoms with E-state index in [1.807, 2.05) is 19.2 Å². The van der Waals surface area contributed by atoms with Gasteiger partial charge in [-0.2, -0.15) is 0 Å². The summed E-state index contributed by atoms with van der Waals surface area (Å²) in [5, 5.41) is 5.85. The molecular formula is C12H19N3O2S. The molecule has 18 heavy (non-hydrogen) atoms. The minimum absolute atomic E-state index is 0.00637. The fourth-order valence-corrected chi connectivity index (χ4v) is 2.81. The number of carbonyl (C=O) groups is 1. The van der Waals surface area contributed by atoms with E-state index in [1.54, 1.807) is 11.3 Å². The maximum Gasteiger partial charge on any atom is 0.234 e. The topological polar surface area (TPSA) is 54.5 Å². The van der Waals surface area contributed by atoms with Crippen LogP contribution in [-0.2, 0) is 9.53 Å². The van der Waals surface area contributed by atoms with Gasteiger partial charge in [-0.25, -0.2) is 4.98 Å². The van der Waals surface area contributed by atoms with Gasteiger partial charge in [0.25, 0.3) is 0 Å². The first kappa shape index (κ1) is 13.5. The number of carbonyl (C=O) groups excluding carboxylic acids is 1. The zero-order valence-electron chi connectivity index (χ0n) is 10.8. The minimum atomic E-state index is 0.00637. The summed E-state index contributed by atoms with van der Waals surface area (Å²) >= 11 is 1.62. The summed E-state index contributed by atoms with van der Waals surface area (Å²) in [7, 11) is 0. The Bertz CT molecular complexity index is 408. The summed E-state index contributed by atoms with van der Waals surface area (Å²) in [6.45, 7) is 7.23. The molecule has 1 fully saturated rings. The molecule has 100 valence electrons. The number of nitrogens with zero attached hydrogens (tertiary/aromatic N) is 2. The average Bonchev–Trinajstić information content (AvgIpc) is 2.76. The number of hydrogen-bond acceptors (Lipinski definition) is 5. The molecule has 1 aliphatic heterocycles. The van der Waals surface area contributed by atoms with E-state index in [0.717, 1.165) is 23.8 Å². The largest absolute Gasteiger partial charge is 0.368 e. The molecule has 1 saturated heterocycles.